The van der Waals surface area contributed by atoms with Gasteiger partial charge in [0.05, 0.1) is 0 Å². The predicted octanol–water partition coefficient (Wildman–Crippen LogP) is 1.77. The number of aliphatic hydroxyl groups is 1. The Bertz CT molecular complexity index is 128. The van der Waals surface area contributed by atoms with Gasteiger partial charge in [0.15, 0.2) is 0 Å². The lowest BCUT2D eigenvalue weighted by Crippen LogP contribution is -2.32. The topological polar surface area (TPSA) is 46.2 Å². The molecule has 0 bridgehead atoms. The molecular weight excluding hydrogens is 150 g/mol. The van der Waals surface area contributed by atoms with Crippen molar-refractivity contribution in [2.45, 2.75) is 40.5 Å². The van der Waals surface area contributed by atoms with Gasteiger partial charge in [-0.2, -0.15) is 0 Å². The molecule has 3 N–H and O–H groups in total. The van der Waals surface area contributed by atoms with Crippen LogP contribution in [0.5, 0.6) is 0 Å². The maximum absolute atomic E-state index is 8.87. The van der Waals surface area contributed by atoms with Gasteiger partial charge >= 0.3 is 0 Å². The molecule has 0 aliphatic rings. The van der Waals surface area contributed by atoms with Crippen LogP contribution in [0.25, 0.3) is 0 Å². The molecule has 0 radical (unpaired) electrons. The summed E-state index contributed by atoms with van der Waals surface area (Å²) in [5.74, 6) is 0. The highest BCUT2D eigenvalue weighted by atomic mass is 16.3. The molecule has 12 heavy (non-hydrogen) atoms. The Hall–Kier alpha value is -0.0800. The second-order valence-electron chi connectivity index (χ2n) is 5.23. The number of hydrogen-bond donors (Lipinski definition) is 2. The van der Waals surface area contributed by atoms with Crippen LogP contribution < -0.4 is 5.73 Å². The molecule has 2 nitrogen and oxygen atoms in total. The Labute approximate surface area is 76.2 Å². The Balaban J connectivity index is 4.14. The third-order valence-corrected chi connectivity index (χ3v) is 2.17. The third-order valence-electron chi connectivity index (χ3n) is 2.17. The van der Waals surface area contributed by atoms with Crippen molar-refractivity contribution in [2.75, 3.05) is 13.2 Å². The minimum atomic E-state index is 0.104. The lowest BCUT2D eigenvalue weighted by atomic mass is 9.73. The van der Waals surface area contributed by atoms with Crippen molar-refractivity contribution in [2.24, 2.45) is 16.6 Å². The lowest BCUT2D eigenvalue weighted by Gasteiger charge is -2.34. The molecule has 0 heterocycles. The molecule has 0 saturated heterocycles. The largest absolute Gasteiger partial charge is 0.396 e. The summed E-state index contributed by atoms with van der Waals surface area (Å²) in [6.07, 6.45) is 1.87. The van der Waals surface area contributed by atoms with Gasteiger partial charge in [0.1, 0.15) is 0 Å². The van der Waals surface area contributed by atoms with E-state index in [0.717, 1.165) is 12.8 Å². The first-order valence-electron chi connectivity index (χ1n) is 4.64. The van der Waals surface area contributed by atoms with Crippen molar-refractivity contribution in [3.8, 4) is 0 Å². The minimum Gasteiger partial charge on any atom is -0.396 e. The standard InChI is InChI=1S/C10H23NO/c1-9(2,3)7-10(4,8-11)5-6-12/h12H,5-8,11H2,1-4H3. The molecule has 2 heteroatoms. The number of rotatable bonds is 4. The summed E-state index contributed by atoms with van der Waals surface area (Å²) in [5, 5.41) is 8.87. The number of nitrogens with two attached hydrogens (primary N) is 1. The first-order chi connectivity index (χ1) is 5.33. The zero-order valence-electron chi connectivity index (χ0n) is 8.85. The van der Waals surface area contributed by atoms with Crippen molar-refractivity contribution in [1.82, 2.24) is 0 Å². The predicted molar refractivity (Wildman–Crippen MR) is 52.9 cm³/mol. The molecule has 1 unspecified atom stereocenters. The second kappa shape index (κ2) is 4.24. The highest BCUT2D eigenvalue weighted by molar-refractivity contribution is 4.80. The Morgan fingerprint density at radius 1 is 1.17 bits per heavy atom. The quantitative estimate of drug-likeness (QED) is 0.680. The van der Waals surface area contributed by atoms with Crippen molar-refractivity contribution >= 4 is 0 Å². The molecule has 0 aromatic carbocycles. The van der Waals surface area contributed by atoms with Gasteiger partial charge in [0.2, 0.25) is 0 Å². The van der Waals surface area contributed by atoms with Crippen LogP contribution in [0.3, 0.4) is 0 Å². The molecule has 0 rings (SSSR count). The third kappa shape index (κ3) is 4.73. The van der Waals surface area contributed by atoms with Crippen LogP contribution in [0, 0.1) is 10.8 Å². The van der Waals surface area contributed by atoms with E-state index in [2.05, 4.69) is 27.7 Å². The summed E-state index contributed by atoms with van der Waals surface area (Å²) in [6, 6.07) is 0. The van der Waals surface area contributed by atoms with Gasteiger partial charge < -0.3 is 10.8 Å². The summed E-state index contributed by atoms with van der Waals surface area (Å²) in [7, 11) is 0. The maximum Gasteiger partial charge on any atom is 0.0436 e. The fourth-order valence-corrected chi connectivity index (χ4v) is 1.81. The SMILES string of the molecule is CC(C)(C)CC(C)(CN)CCO. The summed E-state index contributed by atoms with van der Waals surface area (Å²) in [6.45, 7) is 9.66. The van der Waals surface area contributed by atoms with Gasteiger partial charge in [-0.15, -0.1) is 0 Å². The molecule has 0 aromatic rings. The molecule has 0 aliphatic carbocycles. The lowest BCUT2D eigenvalue weighted by molar-refractivity contribution is 0.144. The smallest absolute Gasteiger partial charge is 0.0436 e. The summed E-state index contributed by atoms with van der Waals surface area (Å²) in [5.41, 5.74) is 6.09. The van der Waals surface area contributed by atoms with E-state index >= 15 is 0 Å². The molecule has 0 aliphatic heterocycles. The van der Waals surface area contributed by atoms with Gasteiger partial charge in [0, 0.05) is 6.61 Å². The van der Waals surface area contributed by atoms with Crippen molar-refractivity contribution in [3.05, 3.63) is 0 Å². The van der Waals surface area contributed by atoms with Crippen LogP contribution in [0.4, 0.5) is 0 Å². The summed E-state index contributed by atoms with van der Waals surface area (Å²) >= 11 is 0. The van der Waals surface area contributed by atoms with Gasteiger partial charge in [0.25, 0.3) is 0 Å². The van der Waals surface area contributed by atoms with Crippen LogP contribution in [0.15, 0.2) is 0 Å². The molecule has 1 atom stereocenters. The molecule has 0 aromatic heterocycles. The molecule has 0 amide bonds. The fraction of sp³-hybridized carbons (Fsp3) is 1.00. The molecular formula is C10H23NO. The number of aliphatic hydroxyl groups excluding tert-OH is 1. The zero-order chi connectivity index (χ0) is 9.83. The highest BCUT2D eigenvalue weighted by Gasteiger charge is 2.27. The van der Waals surface area contributed by atoms with E-state index in [-0.39, 0.29) is 12.0 Å². The maximum atomic E-state index is 8.87. The minimum absolute atomic E-state index is 0.104. The average Bonchev–Trinajstić information content (AvgIpc) is 1.84. The molecule has 0 fully saturated rings. The second-order valence-corrected chi connectivity index (χ2v) is 5.23. The van der Waals surface area contributed by atoms with E-state index in [1.165, 1.54) is 0 Å². The molecule has 0 spiro atoms. The Morgan fingerprint density at radius 2 is 1.67 bits per heavy atom. The molecule has 0 saturated carbocycles. The van der Waals surface area contributed by atoms with Crippen molar-refractivity contribution < 1.29 is 5.11 Å². The van der Waals surface area contributed by atoms with Crippen LogP contribution in [-0.2, 0) is 0 Å². The van der Waals surface area contributed by atoms with Crippen LogP contribution in [0.2, 0.25) is 0 Å². The summed E-state index contributed by atoms with van der Waals surface area (Å²) < 4.78 is 0. The van der Waals surface area contributed by atoms with E-state index in [9.17, 15) is 0 Å². The van der Waals surface area contributed by atoms with E-state index in [1.807, 2.05) is 0 Å². The van der Waals surface area contributed by atoms with Crippen LogP contribution in [0.1, 0.15) is 40.5 Å². The first-order valence-corrected chi connectivity index (χ1v) is 4.64. The highest BCUT2D eigenvalue weighted by Crippen LogP contribution is 2.34. The van der Waals surface area contributed by atoms with Crippen molar-refractivity contribution in [1.29, 1.82) is 0 Å². The molecule has 74 valence electrons. The van der Waals surface area contributed by atoms with Gasteiger partial charge in [-0.05, 0) is 30.2 Å². The Kier molecular flexibility index (Phi) is 4.21. The van der Waals surface area contributed by atoms with E-state index in [0.29, 0.717) is 12.0 Å². The Morgan fingerprint density at radius 3 is 1.92 bits per heavy atom. The average molecular weight is 173 g/mol. The normalized spacial score (nSPS) is 17.5. The van der Waals surface area contributed by atoms with E-state index in [4.69, 9.17) is 10.8 Å². The van der Waals surface area contributed by atoms with Crippen LogP contribution >= 0.6 is 0 Å². The number of hydrogen-bond acceptors (Lipinski definition) is 2. The zero-order valence-corrected chi connectivity index (χ0v) is 8.85. The fourth-order valence-electron chi connectivity index (χ4n) is 1.81. The van der Waals surface area contributed by atoms with Crippen molar-refractivity contribution in [3.63, 3.8) is 0 Å². The van der Waals surface area contributed by atoms with Gasteiger partial charge in [-0.1, -0.05) is 27.7 Å². The summed E-state index contributed by atoms with van der Waals surface area (Å²) in [4.78, 5) is 0. The van der Waals surface area contributed by atoms with Gasteiger partial charge in [-0.3, -0.25) is 0 Å². The van der Waals surface area contributed by atoms with Crippen LogP contribution in [-0.4, -0.2) is 18.3 Å². The monoisotopic (exact) mass is 173 g/mol. The van der Waals surface area contributed by atoms with E-state index in [1.54, 1.807) is 0 Å². The first kappa shape index (κ1) is 11.9. The van der Waals surface area contributed by atoms with E-state index < -0.39 is 0 Å². The van der Waals surface area contributed by atoms with Gasteiger partial charge in [-0.25, -0.2) is 0 Å².